The Hall–Kier alpha value is -1.91. The molecule has 0 heterocycles. The summed E-state index contributed by atoms with van der Waals surface area (Å²) in [4.78, 5) is 12.2. The molecule has 2 aromatic carbocycles. The summed E-state index contributed by atoms with van der Waals surface area (Å²) < 4.78 is 5.17. The summed E-state index contributed by atoms with van der Waals surface area (Å²) in [5.74, 6) is 0.0538. The van der Waals surface area contributed by atoms with Crippen LogP contribution < -0.4 is 10.1 Å². The van der Waals surface area contributed by atoms with Crippen molar-refractivity contribution in [2.45, 2.75) is 13.0 Å². The fourth-order valence-electron chi connectivity index (χ4n) is 1.66. The van der Waals surface area contributed by atoms with Gasteiger partial charge in [0, 0.05) is 11.6 Å². The van der Waals surface area contributed by atoms with E-state index >= 15 is 0 Å². The molecule has 2 rings (SSSR count). The van der Waals surface area contributed by atoms with E-state index in [-0.39, 0.29) is 6.42 Å². The fourth-order valence-corrected chi connectivity index (χ4v) is 1.98. The maximum absolute atomic E-state index is 11.7. The predicted octanol–water partition coefficient (Wildman–Crippen LogP) is 3.75. The predicted molar refractivity (Wildman–Crippen MR) is 87.6 cm³/mol. The number of ether oxygens (including phenoxy) is 1. The van der Waals surface area contributed by atoms with Gasteiger partial charge in [-0.15, -0.1) is 0 Å². The first-order valence-corrected chi connectivity index (χ1v) is 7.19. The highest BCUT2D eigenvalue weighted by Crippen LogP contribution is 2.15. The van der Waals surface area contributed by atoms with E-state index < -0.39 is 5.97 Å². The summed E-state index contributed by atoms with van der Waals surface area (Å²) in [6, 6.07) is 16.4. The first-order valence-electron chi connectivity index (χ1n) is 6.40. The third-order valence-electron chi connectivity index (χ3n) is 2.68. The Kier molecular flexibility index (Phi) is 5.72. The van der Waals surface area contributed by atoms with E-state index in [4.69, 9.17) is 28.6 Å². The van der Waals surface area contributed by atoms with Gasteiger partial charge < -0.3 is 10.1 Å². The van der Waals surface area contributed by atoms with Crippen LogP contribution in [0.4, 0.5) is 0 Å². The van der Waals surface area contributed by atoms with E-state index in [0.29, 0.717) is 22.3 Å². The number of carbonyl (C=O) groups excluding carboxylic acids is 1. The van der Waals surface area contributed by atoms with E-state index in [9.17, 15) is 4.79 Å². The number of hydrogen-bond acceptors (Lipinski definition) is 3. The van der Waals surface area contributed by atoms with Gasteiger partial charge in [-0.2, -0.15) is 0 Å². The van der Waals surface area contributed by atoms with Gasteiger partial charge in [-0.05, 0) is 29.8 Å². The molecule has 0 radical (unpaired) electrons. The number of halogens is 1. The van der Waals surface area contributed by atoms with Crippen molar-refractivity contribution in [1.82, 2.24) is 5.32 Å². The topological polar surface area (TPSA) is 38.3 Å². The molecule has 108 valence electrons. The molecule has 0 saturated heterocycles. The first-order chi connectivity index (χ1) is 10.1. The average molecular weight is 320 g/mol. The zero-order valence-corrected chi connectivity index (χ0v) is 12.8. The van der Waals surface area contributed by atoms with Crippen molar-refractivity contribution >= 4 is 34.8 Å². The number of rotatable bonds is 5. The molecule has 3 nitrogen and oxygen atoms in total. The number of nitrogens with one attached hydrogen (secondary N) is 1. The Bertz CT molecular complexity index is 614. The molecule has 0 atom stereocenters. The first kappa shape index (κ1) is 15.5. The molecule has 0 bridgehead atoms. The van der Waals surface area contributed by atoms with Crippen molar-refractivity contribution < 1.29 is 9.53 Å². The van der Waals surface area contributed by atoms with E-state index in [0.717, 1.165) is 5.56 Å². The second-order valence-corrected chi connectivity index (χ2v) is 5.30. The fraction of sp³-hybridized carbons (Fsp3) is 0.125. The van der Waals surface area contributed by atoms with Gasteiger partial charge >= 0.3 is 5.97 Å². The number of hydrogen-bond donors (Lipinski definition) is 1. The van der Waals surface area contributed by atoms with Crippen LogP contribution in [0.3, 0.4) is 0 Å². The van der Waals surface area contributed by atoms with Gasteiger partial charge in [0.1, 0.15) is 5.75 Å². The SMILES string of the molecule is O=C(CC(=S)NCc1ccccc1)Oc1ccc(Cl)cc1. The third-order valence-corrected chi connectivity index (χ3v) is 3.22. The largest absolute Gasteiger partial charge is 0.426 e. The van der Waals surface area contributed by atoms with Crippen LogP contribution in [0.25, 0.3) is 0 Å². The summed E-state index contributed by atoms with van der Waals surface area (Å²) >= 11 is 10.9. The molecule has 5 heteroatoms. The van der Waals surface area contributed by atoms with Gasteiger partial charge in [-0.1, -0.05) is 54.2 Å². The standard InChI is InChI=1S/C16H14ClNO2S/c17-13-6-8-14(9-7-13)20-16(19)10-15(21)18-11-12-4-2-1-3-5-12/h1-9H,10-11H2,(H,18,21). The molecule has 21 heavy (non-hydrogen) atoms. The van der Waals surface area contributed by atoms with Crippen LogP contribution in [0.1, 0.15) is 12.0 Å². The molecule has 2 aromatic rings. The third kappa shape index (κ3) is 5.53. The van der Waals surface area contributed by atoms with Gasteiger partial charge in [0.05, 0.1) is 11.4 Å². The highest BCUT2D eigenvalue weighted by molar-refractivity contribution is 7.80. The molecular weight excluding hydrogens is 306 g/mol. The summed E-state index contributed by atoms with van der Waals surface area (Å²) in [5.41, 5.74) is 1.10. The van der Waals surface area contributed by atoms with Gasteiger partial charge in [-0.3, -0.25) is 4.79 Å². The number of benzene rings is 2. The van der Waals surface area contributed by atoms with Crippen LogP contribution >= 0.6 is 23.8 Å². The molecule has 0 aromatic heterocycles. The molecule has 0 amide bonds. The van der Waals surface area contributed by atoms with Crippen molar-refractivity contribution in [3.63, 3.8) is 0 Å². The number of thiocarbonyl (C=S) groups is 1. The minimum Gasteiger partial charge on any atom is -0.426 e. The smallest absolute Gasteiger partial charge is 0.318 e. The summed E-state index contributed by atoms with van der Waals surface area (Å²) in [7, 11) is 0. The summed E-state index contributed by atoms with van der Waals surface area (Å²) in [5, 5.41) is 3.63. The molecule has 0 fully saturated rings. The molecule has 0 aliphatic heterocycles. The van der Waals surface area contributed by atoms with Crippen LogP contribution in [-0.4, -0.2) is 11.0 Å². The summed E-state index contributed by atoms with van der Waals surface area (Å²) in [6.45, 7) is 0.591. The Labute approximate surface area is 133 Å². The highest BCUT2D eigenvalue weighted by atomic mass is 35.5. The maximum atomic E-state index is 11.7. The van der Waals surface area contributed by atoms with Gasteiger partial charge in [0.2, 0.25) is 0 Å². The number of carbonyl (C=O) groups is 1. The van der Waals surface area contributed by atoms with E-state index in [1.165, 1.54) is 0 Å². The lowest BCUT2D eigenvalue weighted by Crippen LogP contribution is -2.25. The zero-order chi connectivity index (χ0) is 15.1. The lowest BCUT2D eigenvalue weighted by molar-refractivity contribution is -0.133. The van der Waals surface area contributed by atoms with Crippen molar-refractivity contribution in [3.05, 3.63) is 65.2 Å². The lowest BCUT2D eigenvalue weighted by atomic mass is 10.2. The minimum atomic E-state index is -0.400. The highest BCUT2D eigenvalue weighted by Gasteiger charge is 2.08. The second-order valence-electron chi connectivity index (χ2n) is 4.37. The molecule has 0 aliphatic rings. The number of esters is 1. The molecule has 1 N–H and O–H groups in total. The Morgan fingerprint density at radius 2 is 1.76 bits per heavy atom. The monoisotopic (exact) mass is 319 g/mol. The van der Waals surface area contributed by atoms with Crippen molar-refractivity contribution in [1.29, 1.82) is 0 Å². The Morgan fingerprint density at radius 3 is 2.43 bits per heavy atom. The van der Waals surface area contributed by atoms with Crippen LogP contribution in [0, 0.1) is 0 Å². The maximum Gasteiger partial charge on any atom is 0.318 e. The lowest BCUT2D eigenvalue weighted by Gasteiger charge is -2.08. The Balaban J connectivity index is 1.77. The van der Waals surface area contributed by atoms with Crippen LogP contribution in [0.2, 0.25) is 5.02 Å². The minimum absolute atomic E-state index is 0.0464. The van der Waals surface area contributed by atoms with Crippen molar-refractivity contribution in [2.75, 3.05) is 0 Å². The van der Waals surface area contributed by atoms with Crippen LogP contribution in [0.15, 0.2) is 54.6 Å². The van der Waals surface area contributed by atoms with Gasteiger partial charge in [0.25, 0.3) is 0 Å². The average Bonchev–Trinajstić information content (AvgIpc) is 2.48. The van der Waals surface area contributed by atoms with Crippen molar-refractivity contribution in [2.24, 2.45) is 0 Å². The molecule has 0 unspecified atom stereocenters. The second kappa shape index (κ2) is 7.76. The molecule has 0 saturated carbocycles. The summed E-state index contributed by atoms with van der Waals surface area (Å²) in [6.07, 6.45) is 0.0464. The van der Waals surface area contributed by atoms with E-state index in [1.807, 2.05) is 30.3 Å². The zero-order valence-electron chi connectivity index (χ0n) is 11.2. The van der Waals surface area contributed by atoms with Crippen LogP contribution in [0.5, 0.6) is 5.75 Å². The van der Waals surface area contributed by atoms with E-state index in [1.54, 1.807) is 24.3 Å². The quantitative estimate of drug-likeness (QED) is 0.517. The Morgan fingerprint density at radius 1 is 1.10 bits per heavy atom. The molecule has 0 spiro atoms. The molecule has 0 aliphatic carbocycles. The van der Waals surface area contributed by atoms with E-state index in [2.05, 4.69) is 5.32 Å². The van der Waals surface area contributed by atoms with Gasteiger partial charge in [-0.25, -0.2) is 0 Å². The normalized spacial score (nSPS) is 9.95. The van der Waals surface area contributed by atoms with Crippen LogP contribution in [-0.2, 0) is 11.3 Å². The van der Waals surface area contributed by atoms with Crippen molar-refractivity contribution in [3.8, 4) is 5.75 Å². The van der Waals surface area contributed by atoms with Gasteiger partial charge in [0.15, 0.2) is 0 Å². The molecular formula is C16H14ClNO2S.